The molecule has 1 atom stereocenters. The molecule has 0 bridgehead atoms. The average Bonchev–Trinajstić information content (AvgIpc) is 3.13. The fourth-order valence-corrected chi connectivity index (χ4v) is 3.93. The molecule has 2 heterocycles. The smallest absolute Gasteiger partial charge is 0.172 e. The molecule has 4 aromatic rings. The summed E-state index contributed by atoms with van der Waals surface area (Å²) < 4.78 is 35.1. The first-order chi connectivity index (χ1) is 14.4. The fourth-order valence-electron chi connectivity index (χ4n) is 3.26. The van der Waals surface area contributed by atoms with Gasteiger partial charge in [-0.3, -0.25) is 4.98 Å². The number of nitrogens with zero attached hydrogens (tertiary/aromatic N) is 2. The second-order valence-electron chi connectivity index (χ2n) is 6.60. The van der Waals surface area contributed by atoms with E-state index in [2.05, 4.69) is 4.98 Å². The molecule has 0 N–H and O–H groups in total. The minimum absolute atomic E-state index is 0.0938. The summed E-state index contributed by atoms with van der Waals surface area (Å²) in [7, 11) is 1.41. The summed E-state index contributed by atoms with van der Waals surface area (Å²) in [4.78, 5) is 10.3. The number of ether oxygens (including phenoxy) is 1. The van der Waals surface area contributed by atoms with E-state index in [1.165, 1.54) is 24.0 Å². The molecule has 0 saturated heterocycles. The van der Waals surface area contributed by atoms with Gasteiger partial charge >= 0.3 is 0 Å². The zero-order valence-corrected chi connectivity index (χ0v) is 17.5. The summed E-state index contributed by atoms with van der Waals surface area (Å²) in [5, 5.41) is 0.200. The monoisotopic (exact) mass is 448 g/mol. The van der Waals surface area contributed by atoms with Gasteiger partial charge in [-0.2, -0.15) is 4.73 Å². The molecule has 0 aliphatic heterocycles. The van der Waals surface area contributed by atoms with Crippen molar-refractivity contribution in [3.8, 4) is 16.9 Å². The van der Waals surface area contributed by atoms with E-state index in [4.69, 9.17) is 32.8 Å². The van der Waals surface area contributed by atoms with E-state index in [0.717, 1.165) is 0 Å². The zero-order valence-electron chi connectivity index (χ0n) is 16.0. The Kier molecular flexibility index (Phi) is 5.54. The molecule has 4 nitrogen and oxygen atoms in total. The van der Waals surface area contributed by atoms with Crippen LogP contribution in [0.5, 0.6) is 5.75 Å². The van der Waals surface area contributed by atoms with Crippen LogP contribution in [0.3, 0.4) is 0 Å². The maximum Gasteiger partial charge on any atom is 0.172 e. The van der Waals surface area contributed by atoms with Crippen LogP contribution in [-0.4, -0.2) is 16.8 Å². The van der Waals surface area contributed by atoms with Crippen LogP contribution in [0.15, 0.2) is 54.9 Å². The highest BCUT2D eigenvalue weighted by Gasteiger charge is 2.20. The van der Waals surface area contributed by atoms with E-state index in [-0.39, 0.29) is 10.8 Å². The van der Waals surface area contributed by atoms with Gasteiger partial charge in [-0.1, -0.05) is 35.3 Å². The van der Waals surface area contributed by atoms with Crippen LogP contribution in [0, 0.1) is 11.6 Å². The lowest BCUT2D eigenvalue weighted by atomic mass is 10.1. The number of hydrogen-bond donors (Lipinski definition) is 0. The van der Waals surface area contributed by atoms with Gasteiger partial charge in [-0.25, -0.2) is 8.78 Å². The molecule has 1 unspecified atom stereocenters. The second-order valence-corrected chi connectivity index (χ2v) is 7.38. The Morgan fingerprint density at radius 2 is 1.90 bits per heavy atom. The first-order valence-corrected chi connectivity index (χ1v) is 9.76. The van der Waals surface area contributed by atoms with Gasteiger partial charge in [0.1, 0.15) is 11.3 Å². The topological polar surface area (TPSA) is 36.3 Å². The molecule has 0 aliphatic carbocycles. The Balaban J connectivity index is 1.74. The van der Waals surface area contributed by atoms with Crippen molar-refractivity contribution in [1.29, 1.82) is 0 Å². The summed E-state index contributed by atoms with van der Waals surface area (Å²) in [6.45, 7) is 1.71. The zero-order chi connectivity index (χ0) is 21.4. The number of methoxy groups -OCH3 is 1. The van der Waals surface area contributed by atoms with Gasteiger partial charge in [0.05, 0.1) is 17.6 Å². The summed E-state index contributed by atoms with van der Waals surface area (Å²) in [6.07, 6.45) is 2.59. The molecule has 2 aromatic carbocycles. The van der Waals surface area contributed by atoms with E-state index in [0.29, 0.717) is 32.7 Å². The van der Waals surface area contributed by atoms with E-state index < -0.39 is 17.7 Å². The first kappa shape index (κ1) is 20.4. The molecule has 0 radical (unpaired) electrons. The quantitative estimate of drug-likeness (QED) is 0.327. The SMILES string of the molecule is COc1cccc(-c2cnc3ccn(OC(C)c4c(Cl)ccc(F)c4Cl)c3c2)c1F. The van der Waals surface area contributed by atoms with Crippen molar-refractivity contribution in [3.05, 3.63) is 82.1 Å². The highest BCUT2D eigenvalue weighted by atomic mass is 35.5. The molecule has 30 heavy (non-hydrogen) atoms. The molecule has 8 heteroatoms. The van der Waals surface area contributed by atoms with Crippen LogP contribution in [0.4, 0.5) is 8.78 Å². The lowest BCUT2D eigenvalue weighted by Gasteiger charge is -2.19. The second kappa shape index (κ2) is 8.13. The number of rotatable bonds is 5. The third kappa shape index (κ3) is 3.57. The van der Waals surface area contributed by atoms with Gasteiger partial charge in [-0.15, -0.1) is 0 Å². The Bertz CT molecular complexity index is 1240. The van der Waals surface area contributed by atoms with Gasteiger partial charge < -0.3 is 9.57 Å². The molecule has 0 fully saturated rings. The standard InChI is InChI=1S/C22H16Cl2F2N2O2/c1-12(20-15(23)6-7-16(25)21(20)24)30-28-9-8-17-18(28)10-13(11-27-17)14-4-3-5-19(29-2)22(14)26/h3-12H,1-2H3. The van der Waals surface area contributed by atoms with E-state index in [1.54, 1.807) is 49.6 Å². The Hall–Kier alpha value is -2.83. The largest absolute Gasteiger partial charge is 0.494 e. The molecule has 0 aliphatic rings. The van der Waals surface area contributed by atoms with Crippen molar-refractivity contribution >= 4 is 34.2 Å². The molecule has 0 amide bonds. The molecule has 154 valence electrons. The van der Waals surface area contributed by atoms with Crippen LogP contribution >= 0.6 is 23.2 Å². The van der Waals surface area contributed by atoms with Crippen molar-refractivity contribution in [2.24, 2.45) is 0 Å². The van der Waals surface area contributed by atoms with Gasteiger partial charge in [0.25, 0.3) is 0 Å². The normalized spacial score (nSPS) is 12.2. The summed E-state index contributed by atoms with van der Waals surface area (Å²) in [5.74, 6) is -0.920. The maximum absolute atomic E-state index is 14.7. The van der Waals surface area contributed by atoms with E-state index in [9.17, 15) is 8.78 Å². The van der Waals surface area contributed by atoms with Crippen molar-refractivity contribution in [3.63, 3.8) is 0 Å². The van der Waals surface area contributed by atoms with Gasteiger partial charge in [0.15, 0.2) is 17.7 Å². The minimum Gasteiger partial charge on any atom is -0.494 e. The number of fused-ring (bicyclic) bond motifs is 1. The predicted molar refractivity (Wildman–Crippen MR) is 113 cm³/mol. The average molecular weight is 449 g/mol. The van der Waals surface area contributed by atoms with Gasteiger partial charge in [0, 0.05) is 34.1 Å². The number of aromatic nitrogens is 2. The third-order valence-electron chi connectivity index (χ3n) is 4.75. The van der Waals surface area contributed by atoms with Crippen LogP contribution in [0.1, 0.15) is 18.6 Å². The van der Waals surface area contributed by atoms with E-state index in [1.807, 2.05) is 0 Å². The Labute approximate surface area is 181 Å². The molecule has 0 spiro atoms. The Morgan fingerprint density at radius 1 is 1.10 bits per heavy atom. The first-order valence-electron chi connectivity index (χ1n) is 9.01. The lowest BCUT2D eigenvalue weighted by Crippen LogP contribution is -2.16. The summed E-state index contributed by atoms with van der Waals surface area (Å²) in [6, 6.07) is 11.0. The van der Waals surface area contributed by atoms with Crippen molar-refractivity contribution in [1.82, 2.24) is 9.71 Å². The van der Waals surface area contributed by atoms with Crippen molar-refractivity contribution in [2.45, 2.75) is 13.0 Å². The molecule has 2 aromatic heterocycles. The molecule has 0 saturated carbocycles. The lowest BCUT2D eigenvalue weighted by molar-refractivity contribution is 0.0562. The van der Waals surface area contributed by atoms with Crippen LogP contribution in [0.25, 0.3) is 22.2 Å². The number of halogens is 4. The maximum atomic E-state index is 14.7. The molecule has 4 rings (SSSR count). The van der Waals surface area contributed by atoms with Crippen LogP contribution in [-0.2, 0) is 0 Å². The Morgan fingerprint density at radius 3 is 2.67 bits per heavy atom. The number of hydrogen-bond acceptors (Lipinski definition) is 3. The summed E-state index contributed by atoms with van der Waals surface area (Å²) in [5.41, 5.74) is 2.48. The minimum atomic E-state index is -0.659. The number of pyridine rings is 1. The van der Waals surface area contributed by atoms with Crippen molar-refractivity contribution in [2.75, 3.05) is 7.11 Å². The predicted octanol–water partition coefficient (Wildman–Crippen LogP) is 6.49. The highest BCUT2D eigenvalue weighted by molar-refractivity contribution is 6.36. The molecular formula is C22H16Cl2F2N2O2. The van der Waals surface area contributed by atoms with Gasteiger partial charge in [0.2, 0.25) is 0 Å². The van der Waals surface area contributed by atoms with Gasteiger partial charge in [-0.05, 0) is 37.3 Å². The number of benzene rings is 2. The third-order valence-corrected chi connectivity index (χ3v) is 5.47. The van der Waals surface area contributed by atoms with Crippen LogP contribution < -0.4 is 9.57 Å². The summed E-state index contributed by atoms with van der Waals surface area (Å²) >= 11 is 12.3. The van der Waals surface area contributed by atoms with Crippen molar-refractivity contribution < 1.29 is 18.4 Å². The fraction of sp³-hybridized carbons (Fsp3) is 0.136. The highest BCUT2D eigenvalue weighted by Crippen LogP contribution is 2.34. The molecular weight excluding hydrogens is 433 g/mol. The van der Waals surface area contributed by atoms with E-state index >= 15 is 0 Å². The van der Waals surface area contributed by atoms with Crippen LogP contribution in [0.2, 0.25) is 10.0 Å².